The summed E-state index contributed by atoms with van der Waals surface area (Å²) in [7, 11) is 0. The summed E-state index contributed by atoms with van der Waals surface area (Å²) in [5.74, 6) is -1.95. The molecule has 2 N–H and O–H groups in total. The molecule has 1 atom stereocenters. The van der Waals surface area contributed by atoms with Crippen LogP contribution in [0.1, 0.15) is 17.8 Å². The molecule has 0 radical (unpaired) electrons. The number of amides is 1. The van der Waals surface area contributed by atoms with Crippen molar-refractivity contribution in [1.82, 2.24) is 4.57 Å². The molecule has 6 nitrogen and oxygen atoms in total. The lowest BCUT2D eigenvalue weighted by atomic mass is 10.1. The van der Waals surface area contributed by atoms with Crippen molar-refractivity contribution in [3.63, 3.8) is 0 Å². The first-order valence-corrected chi connectivity index (χ1v) is 8.43. The second kappa shape index (κ2) is 5.66. The van der Waals surface area contributed by atoms with Gasteiger partial charge < -0.3 is 10.2 Å². The number of carboxylic acid groups (broad SMARTS) is 1. The van der Waals surface area contributed by atoms with Gasteiger partial charge in [-0.2, -0.15) is 0 Å². The number of aliphatic carboxylic acids is 1. The quantitative estimate of drug-likeness (QED) is 0.749. The molecule has 2 aromatic rings. The molecule has 23 heavy (non-hydrogen) atoms. The summed E-state index contributed by atoms with van der Waals surface area (Å²) in [6.07, 6.45) is 0. The Labute approximate surface area is 147 Å². The summed E-state index contributed by atoms with van der Waals surface area (Å²) in [6, 6.07) is 4.14. The third-order valence-electron chi connectivity index (χ3n) is 3.45. The maximum absolute atomic E-state index is 12.2. The Balaban J connectivity index is 2.33. The van der Waals surface area contributed by atoms with Crippen LogP contribution in [0, 0.1) is 3.95 Å². The highest BCUT2D eigenvalue weighted by molar-refractivity contribution is 9.10. The Hall–Kier alpha value is -1.84. The van der Waals surface area contributed by atoms with Gasteiger partial charge in [-0.05, 0) is 37.3 Å². The normalized spacial score (nSPS) is 14.5. The van der Waals surface area contributed by atoms with Crippen LogP contribution in [0.3, 0.4) is 0 Å². The molecule has 1 amide bonds. The molecule has 1 aromatic heterocycles. The van der Waals surface area contributed by atoms with Gasteiger partial charge in [-0.1, -0.05) is 15.9 Å². The molecule has 3 rings (SSSR count). The van der Waals surface area contributed by atoms with Crippen LogP contribution in [0.5, 0.6) is 5.88 Å². The van der Waals surface area contributed by atoms with Crippen LogP contribution in [0.15, 0.2) is 27.7 Å². The van der Waals surface area contributed by atoms with Gasteiger partial charge in [0.25, 0.3) is 5.91 Å². The van der Waals surface area contributed by atoms with Gasteiger partial charge in [-0.25, -0.2) is 9.79 Å². The average Bonchev–Trinajstić information content (AvgIpc) is 2.94. The van der Waals surface area contributed by atoms with E-state index < -0.39 is 17.9 Å². The van der Waals surface area contributed by atoms with Gasteiger partial charge in [0, 0.05) is 9.69 Å². The number of aromatic hydroxyl groups is 1. The second-order valence-electron chi connectivity index (χ2n) is 4.86. The minimum Gasteiger partial charge on any atom is -0.493 e. The molecule has 0 spiro atoms. The first-order chi connectivity index (χ1) is 10.8. The average molecular weight is 413 g/mol. The first kappa shape index (κ1) is 16.0. The molecule has 1 aromatic carbocycles. The van der Waals surface area contributed by atoms with E-state index in [2.05, 4.69) is 20.9 Å². The van der Waals surface area contributed by atoms with E-state index in [1.807, 2.05) is 0 Å². The lowest BCUT2D eigenvalue weighted by molar-refractivity contribution is -0.140. The van der Waals surface area contributed by atoms with E-state index in [9.17, 15) is 14.7 Å². The van der Waals surface area contributed by atoms with Gasteiger partial charge in [0.15, 0.2) is 3.95 Å². The van der Waals surface area contributed by atoms with Crippen molar-refractivity contribution < 1.29 is 19.8 Å². The van der Waals surface area contributed by atoms with Crippen molar-refractivity contribution in [3.8, 4) is 5.88 Å². The predicted molar refractivity (Wildman–Crippen MR) is 89.6 cm³/mol. The number of hydrogen-bond acceptors (Lipinski definition) is 5. The summed E-state index contributed by atoms with van der Waals surface area (Å²) in [4.78, 5) is 27.6. The van der Waals surface area contributed by atoms with E-state index >= 15 is 0 Å². The second-order valence-corrected chi connectivity index (χ2v) is 7.42. The number of halogens is 1. The third-order valence-corrected chi connectivity index (χ3v) is 5.35. The Morgan fingerprint density at radius 1 is 1.48 bits per heavy atom. The SMILES string of the molecule is C[C@@H](C(=O)O)n1c(O)c(C2=c3cc(Br)ccc3=NC2=O)sc1=S. The van der Waals surface area contributed by atoms with E-state index in [0.29, 0.717) is 10.6 Å². The van der Waals surface area contributed by atoms with Gasteiger partial charge >= 0.3 is 5.97 Å². The number of carboxylic acids is 1. The largest absolute Gasteiger partial charge is 0.493 e. The summed E-state index contributed by atoms with van der Waals surface area (Å²) in [6.45, 7) is 1.41. The zero-order chi connectivity index (χ0) is 16.9. The van der Waals surface area contributed by atoms with Crippen molar-refractivity contribution >= 4 is 56.9 Å². The Kier molecular flexibility index (Phi) is 3.95. The molecule has 0 saturated carbocycles. The third kappa shape index (κ3) is 2.54. The molecule has 9 heteroatoms. The molecule has 1 aliphatic heterocycles. The lowest BCUT2D eigenvalue weighted by Crippen LogP contribution is -2.22. The van der Waals surface area contributed by atoms with E-state index in [-0.39, 0.29) is 20.3 Å². The standard InChI is InChI=1S/C14H9BrN2O4S2/c1-5(13(20)21)17-12(19)10(23-14(17)22)9-7-4-6(15)2-3-8(7)16-11(9)18/h2-5,19H,1H3,(H,20,21)/t5-/m0/s1. The highest BCUT2D eigenvalue weighted by Gasteiger charge is 2.28. The molecule has 0 saturated heterocycles. The Morgan fingerprint density at radius 2 is 2.17 bits per heavy atom. The fourth-order valence-corrected chi connectivity index (χ4v) is 4.16. The smallest absolute Gasteiger partial charge is 0.326 e. The van der Waals surface area contributed by atoms with Gasteiger partial charge in [0.1, 0.15) is 10.9 Å². The lowest BCUT2D eigenvalue weighted by Gasteiger charge is -2.09. The molecule has 2 heterocycles. The van der Waals surface area contributed by atoms with Gasteiger partial charge in [-0.3, -0.25) is 9.36 Å². The number of thiazole rings is 1. The number of rotatable bonds is 3. The van der Waals surface area contributed by atoms with Crippen molar-refractivity contribution in [1.29, 1.82) is 0 Å². The van der Waals surface area contributed by atoms with Crippen LogP contribution in [-0.4, -0.2) is 26.7 Å². The predicted octanol–water partition coefficient (Wildman–Crippen LogP) is 1.75. The minimum absolute atomic E-state index is 0.177. The summed E-state index contributed by atoms with van der Waals surface area (Å²) >= 11 is 9.47. The first-order valence-electron chi connectivity index (χ1n) is 6.41. The van der Waals surface area contributed by atoms with Gasteiger partial charge in [0.2, 0.25) is 5.88 Å². The number of carbonyl (C=O) groups excluding carboxylic acids is 1. The molecule has 0 fully saturated rings. The maximum Gasteiger partial charge on any atom is 0.326 e. The Bertz CT molecular complexity index is 1040. The summed E-state index contributed by atoms with van der Waals surface area (Å²) in [5.41, 5.74) is 0.228. The summed E-state index contributed by atoms with van der Waals surface area (Å²) < 4.78 is 2.06. The van der Waals surface area contributed by atoms with Crippen molar-refractivity contribution in [2.75, 3.05) is 0 Å². The molecular formula is C14H9BrN2O4S2. The van der Waals surface area contributed by atoms with Crippen LogP contribution >= 0.6 is 39.5 Å². The minimum atomic E-state index is -1.13. The van der Waals surface area contributed by atoms with E-state index in [1.165, 1.54) is 6.92 Å². The Morgan fingerprint density at radius 3 is 2.83 bits per heavy atom. The van der Waals surface area contributed by atoms with Crippen LogP contribution in [0.2, 0.25) is 0 Å². The van der Waals surface area contributed by atoms with Crippen LogP contribution in [-0.2, 0) is 9.59 Å². The molecule has 0 unspecified atom stereocenters. The molecule has 118 valence electrons. The van der Waals surface area contributed by atoms with Crippen LogP contribution in [0.25, 0.3) is 5.57 Å². The number of fused-ring (bicyclic) bond motifs is 1. The molecule has 1 aliphatic rings. The molecule has 0 bridgehead atoms. The zero-order valence-electron chi connectivity index (χ0n) is 11.6. The van der Waals surface area contributed by atoms with E-state index in [4.69, 9.17) is 17.3 Å². The topological polar surface area (TPSA) is 91.9 Å². The van der Waals surface area contributed by atoms with Crippen LogP contribution < -0.4 is 10.6 Å². The van der Waals surface area contributed by atoms with Crippen molar-refractivity contribution in [2.24, 2.45) is 4.99 Å². The van der Waals surface area contributed by atoms with Crippen LogP contribution in [0.4, 0.5) is 0 Å². The van der Waals surface area contributed by atoms with Gasteiger partial charge in [-0.15, -0.1) is 11.3 Å². The van der Waals surface area contributed by atoms with Gasteiger partial charge in [0.05, 0.1) is 10.9 Å². The highest BCUT2D eigenvalue weighted by Crippen LogP contribution is 2.34. The maximum atomic E-state index is 12.2. The van der Waals surface area contributed by atoms with E-state index in [0.717, 1.165) is 20.4 Å². The number of benzene rings is 1. The molecule has 0 aliphatic carbocycles. The number of nitrogens with zero attached hydrogens (tertiary/aromatic N) is 2. The van der Waals surface area contributed by atoms with Crippen molar-refractivity contribution in [2.45, 2.75) is 13.0 Å². The zero-order valence-corrected chi connectivity index (χ0v) is 14.8. The molecular weight excluding hydrogens is 404 g/mol. The van der Waals surface area contributed by atoms with Crippen molar-refractivity contribution in [3.05, 3.63) is 42.1 Å². The van der Waals surface area contributed by atoms with E-state index in [1.54, 1.807) is 18.2 Å². The monoisotopic (exact) mass is 412 g/mol. The number of carbonyl (C=O) groups is 2. The summed E-state index contributed by atoms with van der Waals surface area (Å²) in [5, 5.41) is 20.6. The highest BCUT2D eigenvalue weighted by atomic mass is 79.9. The fraction of sp³-hybridized carbons (Fsp3) is 0.143. The number of aromatic nitrogens is 1. The fourth-order valence-electron chi connectivity index (χ4n) is 2.30. The number of hydrogen-bond donors (Lipinski definition) is 2.